The third-order valence-corrected chi connectivity index (χ3v) is 6.44. The molecule has 5 nitrogen and oxygen atoms in total. The van der Waals surface area contributed by atoms with Crippen LogP contribution in [0.2, 0.25) is 0 Å². The van der Waals surface area contributed by atoms with Gasteiger partial charge >= 0.3 is 0 Å². The summed E-state index contributed by atoms with van der Waals surface area (Å²) in [5.74, 6) is -0.216. The van der Waals surface area contributed by atoms with Gasteiger partial charge in [-0.2, -0.15) is 0 Å². The number of carbonyl (C=O) groups is 1. The Bertz CT molecular complexity index is 1190. The van der Waals surface area contributed by atoms with Gasteiger partial charge in [0.15, 0.2) is 0 Å². The maximum absolute atomic E-state index is 13.5. The quantitative estimate of drug-likeness (QED) is 0.545. The summed E-state index contributed by atoms with van der Waals surface area (Å²) in [6.45, 7) is 1.54. The zero-order valence-corrected chi connectivity index (χ0v) is 18.8. The molecule has 0 saturated carbocycles. The Kier molecular flexibility index (Phi) is 6.28. The van der Waals surface area contributed by atoms with Crippen LogP contribution in [0.3, 0.4) is 0 Å². The molecule has 0 aliphatic carbocycles. The Hall–Kier alpha value is -3.32. The minimum Gasteiger partial charge on any atom is -0.488 e. The smallest absolute Gasteiger partial charge is 0.254 e. The lowest BCUT2D eigenvalue weighted by atomic mass is 9.89. The molecule has 0 unspecified atom stereocenters. The Morgan fingerprint density at radius 2 is 1.94 bits per heavy atom. The van der Waals surface area contributed by atoms with E-state index in [1.807, 2.05) is 11.0 Å². The fourth-order valence-corrected chi connectivity index (χ4v) is 4.91. The van der Waals surface area contributed by atoms with Gasteiger partial charge in [0.05, 0.1) is 18.8 Å². The van der Waals surface area contributed by atoms with Crippen LogP contribution in [0.4, 0.5) is 8.78 Å². The van der Waals surface area contributed by atoms with Crippen molar-refractivity contribution < 1.29 is 23.0 Å². The highest BCUT2D eigenvalue weighted by Crippen LogP contribution is 2.36. The van der Waals surface area contributed by atoms with Gasteiger partial charge in [0.1, 0.15) is 23.5 Å². The highest BCUT2D eigenvalue weighted by molar-refractivity contribution is 5.94. The number of rotatable bonds is 5. The zero-order chi connectivity index (χ0) is 23.5. The molecule has 2 fully saturated rings. The van der Waals surface area contributed by atoms with Crippen molar-refractivity contribution in [1.29, 1.82) is 0 Å². The summed E-state index contributed by atoms with van der Waals surface area (Å²) in [5, 5.41) is 0. The molecule has 0 bridgehead atoms. The molecular weight excluding hydrogens is 438 g/mol. The molecule has 2 aliphatic heterocycles. The van der Waals surface area contributed by atoms with Crippen molar-refractivity contribution >= 4 is 5.91 Å². The molecule has 3 aromatic rings. The standard InChI is InChI=1S/C27H26F2N2O3/c28-21-5-1-4-19(12-21)13-23-14-20(8-10-30-23)26(32)31-11-3-9-27(18-31)16-25(17-33-27)34-24-7-2-6-22(29)15-24/h1-2,4-8,10,12,14-15,25H,3,9,11,13,16-18H2/t25-,27-/m1/s1. The van der Waals surface area contributed by atoms with E-state index in [2.05, 4.69) is 4.98 Å². The molecular formula is C27H26F2N2O3. The van der Waals surface area contributed by atoms with Gasteiger partial charge in [0.2, 0.25) is 0 Å². The monoisotopic (exact) mass is 464 g/mol. The number of carbonyl (C=O) groups excluding carboxylic acids is 1. The maximum Gasteiger partial charge on any atom is 0.254 e. The van der Waals surface area contributed by atoms with E-state index >= 15 is 0 Å². The first-order valence-corrected chi connectivity index (χ1v) is 11.5. The van der Waals surface area contributed by atoms with Crippen molar-refractivity contribution in [2.24, 2.45) is 0 Å². The van der Waals surface area contributed by atoms with Crippen molar-refractivity contribution in [3.05, 3.63) is 95.3 Å². The predicted molar refractivity (Wildman–Crippen MR) is 123 cm³/mol. The lowest BCUT2D eigenvalue weighted by Crippen LogP contribution is -2.50. The predicted octanol–water partition coefficient (Wildman–Crippen LogP) is 4.79. The van der Waals surface area contributed by atoms with Crippen LogP contribution in [-0.2, 0) is 11.2 Å². The van der Waals surface area contributed by atoms with Crippen molar-refractivity contribution in [3.63, 3.8) is 0 Å². The number of benzene rings is 2. The first kappa shape index (κ1) is 22.5. The van der Waals surface area contributed by atoms with E-state index in [4.69, 9.17) is 9.47 Å². The number of nitrogens with zero attached hydrogens (tertiary/aromatic N) is 2. The summed E-state index contributed by atoms with van der Waals surface area (Å²) in [4.78, 5) is 19.5. The first-order chi connectivity index (χ1) is 16.5. The third-order valence-electron chi connectivity index (χ3n) is 6.44. The van der Waals surface area contributed by atoms with E-state index in [1.54, 1.807) is 36.5 Å². The minimum atomic E-state index is -0.455. The number of hydrogen-bond acceptors (Lipinski definition) is 4. The molecule has 7 heteroatoms. The van der Waals surface area contributed by atoms with E-state index in [-0.39, 0.29) is 23.6 Å². The molecule has 0 radical (unpaired) electrons. The van der Waals surface area contributed by atoms with E-state index in [0.717, 1.165) is 18.4 Å². The second-order valence-corrected chi connectivity index (χ2v) is 9.07. The fraction of sp³-hybridized carbons (Fsp3) is 0.333. The number of aromatic nitrogens is 1. The number of pyridine rings is 1. The average molecular weight is 465 g/mol. The molecule has 2 aliphatic rings. The number of amides is 1. The number of likely N-dealkylation sites (tertiary alicyclic amines) is 1. The van der Waals surface area contributed by atoms with Crippen molar-refractivity contribution in [1.82, 2.24) is 9.88 Å². The lowest BCUT2D eigenvalue weighted by molar-refractivity contribution is -0.0453. The lowest BCUT2D eigenvalue weighted by Gasteiger charge is -2.39. The van der Waals surface area contributed by atoms with Crippen LogP contribution in [-0.4, -0.2) is 47.2 Å². The number of ether oxygens (including phenoxy) is 2. The zero-order valence-electron chi connectivity index (χ0n) is 18.8. The van der Waals surface area contributed by atoms with Gasteiger partial charge in [-0.15, -0.1) is 0 Å². The van der Waals surface area contributed by atoms with Gasteiger partial charge in [0.25, 0.3) is 5.91 Å². The maximum atomic E-state index is 13.5. The average Bonchev–Trinajstić information content (AvgIpc) is 3.20. The van der Waals surface area contributed by atoms with Crippen LogP contribution in [0.15, 0.2) is 66.9 Å². The number of hydrogen-bond donors (Lipinski definition) is 0. The topological polar surface area (TPSA) is 51.7 Å². The van der Waals surface area contributed by atoms with Gasteiger partial charge in [0, 0.05) is 42.9 Å². The Labute approximate surface area is 197 Å². The molecule has 1 spiro atoms. The van der Waals surface area contributed by atoms with Gasteiger partial charge in [-0.25, -0.2) is 8.78 Å². The number of halogens is 2. The molecule has 2 atom stereocenters. The van der Waals surface area contributed by atoms with Crippen LogP contribution < -0.4 is 4.74 Å². The van der Waals surface area contributed by atoms with Crippen molar-refractivity contribution in [2.75, 3.05) is 19.7 Å². The normalized spacial score (nSPS) is 22.2. The van der Waals surface area contributed by atoms with E-state index in [9.17, 15) is 13.6 Å². The van der Waals surface area contributed by atoms with E-state index in [1.165, 1.54) is 24.3 Å². The fourth-order valence-electron chi connectivity index (χ4n) is 4.91. The van der Waals surface area contributed by atoms with Crippen LogP contribution >= 0.6 is 0 Å². The second kappa shape index (κ2) is 9.50. The van der Waals surface area contributed by atoms with Gasteiger partial charge in [-0.1, -0.05) is 18.2 Å². The molecule has 1 amide bonds. The molecule has 1 aromatic heterocycles. The summed E-state index contributed by atoms with van der Waals surface area (Å²) in [6.07, 6.45) is 4.21. The second-order valence-electron chi connectivity index (χ2n) is 9.07. The van der Waals surface area contributed by atoms with Crippen molar-refractivity contribution in [2.45, 2.75) is 37.4 Å². The van der Waals surface area contributed by atoms with Crippen LogP contribution in [0.25, 0.3) is 0 Å². The summed E-state index contributed by atoms with van der Waals surface area (Å²) >= 11 is 0. The molecule has 2 aromatic carbocycles. The first-order valence-electron chi connectivity index (χ1n) is 11.5. The Morgan fingerprint density at radius 1 is 1.12 bits per heavy atom. The van der Waals surface area contributed by atoms with Crippen LogP contribution in [0.1, 0.15) is 40.9 Å². The molecule has 176 valence electrons. The molecule has 0 N–H and O–H groups in total. The Balaban J connectivity index is 1.24. The highest BCUT2D eigenvalue weighted by Gasteiger charge is 2.45. The van der Waals surface area contributed by atoms with Crippen molar-refractivity contribution in [3.8, 4) is 5.75 Å². The molecule has 2 saturated heterocycles. The van der Waals surface area contributed by atoms with Gasteiger partial charge in [-0.05, 0) is 54.8 Å². The molecule has 5 rings (SSSR count). The summed E-state index contributed by atoms with van der Waals surface area (Å²) in [6, 6.07) is 16.0. The van der Waals surface area contributed by atoms with E-state index in [0.29, 0.717) is 49.5 Å². The van der Waals surface area contributed by atoms with Crippen LogP contribution in [0, 0.1) is 11.6 Å². The SMILES string of the molecule is O=C(c1ccnc(Cc2cccc(F)c2)c1)N1CCC[C@@]2(C[C@@H](Oc3cccc(F)c3)CO2)C1. The minimum absolute atomic E-state index is 0.0694. The van der Waals surface area contributed by atoms with Gasteiger partial charge in [-0.3, -0.25) is 9.78 Å². The molecule has 3 heterocycles. The summed E-state index contributed by atoms with van der Waals surface area (Å²) in [5.41, 5.74) is 1.62. The van der Waals surface area contributed by atoms with Gasteiger partial charge < -0.3 is 14.4 Å². The van der Waals surface area contributed by atoms with Crippen LogP contribution in [0.5, 0.6) is 5.75 Å². The molecule has 34 heavy (non-hydrogen) atoms. The van der Waals surface area contributed by atoms with E-state index < -0.39 is 5.60 Å². The Morgan fingerprint density at radius 3 is 2.76 bits per heavy atom. The number of piperidine rings is 1. The highest BCUT2D eigenvalue weighted by atomic mass is 19.1. The summed E-state index contributed by atoms with van der Waals surface area (Å²) < 4.78 is 39.1. The largest absolute Gasteiger partial charge is 0.488 e. The third kappa shape index (κ3) is 5.09. The summed E-state index contributed by atoms with van der Waals surface area (Å²) in [7, 11) is 0.